The number of carbonyl (C=O) groups excluding carboxylic acids is 2. The first-order chi connectivity index (χ1) is 11.5. The van der Waals surface area contributed by atoms with E-state index in [0.717, 1.165) is 0 Å². The molecule has 1 fully saturated rings. The van der Waals surface area contributed by atoms with Crippen LogP contribution in [0.4, 0.5) is 0 Å². The van der Waals surface area contributed by atoms with Crippen molar-refractivity contribution in [3.63, 3.8) is 0 Å². The summed E-state index contributed by atoms with van der Waals surface area (Å²) in [5, 5.41) is 61.9. The molecule has 2 unspecified atom stereocenters. The maximum Gasteiger partial charge on any atom is 0.364 e. The summed E-state index contributed by atoms with van der Waals surface area (Å²) in [7, 11) is 0. The molecular weight excluding hydrogens is 344 g/mol. The standard InChI is InChI=1S/C13H22N2O10/c1-5(17)14-3-8(20)15-9-6(18)2-13(24,12(22)23)25-11(9)10(21)7(19)4-16/h6-7,9-11,16,18-19,21,24H,2-4H2,1H3,(H,14,17)(H,15,20)(H,22,23)/t6?,7-,9-,10-,11?,13+/m1/s1. The number of carboxylic acids is 1. The zero-order chi connectivity index (χ0) is 19.4. The first-order valence-electron chi connectivity index (χ1n) is 7.34. The summed E-state index contributed by atoms with van der Waals surface area (Å²) in [6.07, 6.45) is -7.97. The van der Waals surface area contributed by atoms with Crippen molar-refractivity contribution in [3.05, 3.63) is 0 Å². The Hall–Kier alpha value is -1.83. The van der Waals surface area contributed by atoms with Crippen LogP contribution in [0.1, 0.15) is 13.3 Å². The van der Waals surface area contributed by atoms with Gasteiger partial charge in [0.15, 0.2) is 0 Å². The molecule has 144 valence electrons. The maximum absolute atomic E-state index is 11.8. The summed E-state index contributed by atoms with van der Waals surface area (Å²) >= 11 is 0. The molecular formula is C13H22N2O10. The molecule has 1 aliphatic rings. The number of carboxylic acid groups (broad SMARTS) is 1. The van der Waals surface area contributed by atoms with Gasteiger partial charge >= 0.3 is 5.97 Å². The number of ether oxygens (including phenoxy) is 1. The van der Waals surface area contributed by atoms with E-state index in [2.05, 4.69) is 10.6 Å². The van der Waals surface area contributed by atoms with Crippen molar-refractivity contribution in [1.82, 2.24) is 10.6 Å². The number of rotatable bonds is 7. The number of hydrogen-bond donors (Lipinski definition) is 8. The van der Waals surface area contributed by atoms with Crippen molar-refractivity contribution in [2.45, 2.75) is 49.6 Å². The molecule has 0 aromatic rings. The van der Waals surface area contributed by atoms with Crippen LogP contribution in [-0.2, 0) is 19.1 Å². The molecule has 12 heteroatoms. The Kier molecular flexibility index (Phi) is 7.22. The minimum Gasteiger partial charge on any atom is -0.477 e. The molecule has 12 nitrogen and oxygen atoms in total. The van der Waals surface area contributed by atoms with Gasteiger partial charge in [0.05, 0.1) is 25.3 Å². The monoisotopic (exact) mass is 366 g/mol. The number of nitrogens with one attached hydrogen (secondary N) is 2. The van der Waals surface area contributed by atoms with Crippen molar-refractivity contribution in [3.8, 4) is 0 Å². The molecule has 6 atom stereocenters. The highest BCUT2D eigenvalue weighted by molar-refractivity contribution is 5.84. The Morgan fingerprint density at radius 2 is 1.92 bits per heavy atom. The summed E-state index contributed by atoms with van der Waals surface area (Å²) in [6.45, 7) is -0.217. The Balaban J connectivity index is 2.99. The molecule has 1 rings (SSSR count). The maximum atomic E-state index is 11.8. The quantitative estimate of drug-likeness (QED) is 0.216. The average molecular weight is 366 g/mol. The van der Waals surface area contributed by atoms with Crippen LogP contribution < -0.4 is 10.6 Å². The largest absolute Gasteiger partial charge is 0.477 e. The van der Waals surface area contributed by atoms with Gasteiger partial charge in [-0.25, -0.2) is 4.79 Å². The van der Waals surface area contributed by atoms with Gasteiger partial charge in [0.2, 0.25) is 11.8 Å². The van der Waals surface area contributed by atoms with Crippen molar-refractivity contribution in [1.29, 1.82) is 0 Å². The molecule has 0 aromatic heterocycles. The highest BCUT2D eigenvalue weighted by atomic mass is 16.7. The molecule has 1 heterocycles. The zero-order valence-corrected chi connectivity index (χ0v) is 13.3. The van der Waals surface area contributed by atoms with Crippen LogP contribution in [0.25, 0.3) is 0 Å². The molecule has 0 aromatic carbocycles. The fourth-order valence-corrected chi connectivity index (χ4v) is 2.34. The van der Waals surface area contributed by atoms with Gasteiger partial charge in [0.1, 0.15) is 18.3 Å². The molecule has 25 heavy (non-hydrogen) atoms. The van der Waals surface area contributed by atoms with E-state index in [9.17, 15) is 34.8 Å². The van der Waals surface area contributed by atoms with Gasteiger partial charge in [-0.15, -0.1) is 0 Å². The summed E-state index contributed by atoms with van der Waals surface area (Å²) in [5.41, 5.74) is 0. The van der Waals surface area contributed by atoms with E-state index in [1.54, 1.807) is 0 Å². The van der Waals surface area contributed by atoms with E-state index in [0.29, 0.717) is 0 Å². The third kappa shape index (κ3) is 5.32. The van der Waals surface area contributed by atoms with Crippen LogP contribution in [0.15, 0.2) is 0 Å². The second-order valence-corrected chi connectivity index (χ2v) is 5.69. The smallest absolute Gasteiger partial charge is 0.364 e. The zero-order valence-electron chi connectivity index (χ0n) is 13.3. The highest BCUT2D eigenvalue weighted by Crippen LogP contribution is 2.30. The third-order valence-electron chi connectivity index (χ3n) is 3.66. The number of hydrogen-bond acceptors (Lipinski definition) is 9. The van der Waals surface area contributed by atoms with E-state index in [1.165, 1.54) is 6.92 Å². The van der Waals surface area contributed by atoms with Crippen LogP contribution in [0.2, 0.25) is 0 Å². The summed E-state index contributed by atoms with van der Waals surface area (Å²) in [5.74, 6) is -5.99. The molecule has 0 bridgehead atoms. The molecule has 1 saturated heterocycles. The van der Waals surface area contributed by atoms with E-state index < -0.39 is 73.6 Å². The molecule has 1 aliphatic heterocycles. The van der Waals surface area contributed by atoms with Gasteiger partial charge in [-0.05, 0) is 0 Å². The van der Waals surface area contributed by atoms with E-state index >= 15 is 0 Å². The van der Waals surface area contributed by atoms with Crippen molar-refractivity contribution in [2.24, 2.45) is 0 Å². The molecule has 0 saturated carbocycles. The molecule has 0 spiro atoms. The second-order valence-electron chi connectivity index (χ2n) is 5.69. The molecule has 0 radical (unpaired) electrons. The number of amides is 2. The van der Waals surface area contributed by atoms with Gasteiger partial charge in [0, 0.05) is 13.3 Å². The summed E-state index contributed by atoms with van der Waals surface area (Å²) < 4.78 is 4.90. The lowest BCUT2D eigenvalue weighted by atomic mass is 9.88. The lowest BCUT2D eigenvalue weighted by Gasteiger charge is -2.44. The van der Waals surface area contributed by atoms with Crippen LogP contribution in [-0.4, -0.2) is 97.8 Å². The normalized spacial score (nSPS) is 31.7. The van der Waals surface area contributed by atoms with E-state index in [4.69, 9.17) is 14.9 Å². The summed E-state index contributed by atoms with van der Waals surface area (Å²) in [4.78, 5) is 33.7. The molecule has 8 N–H and O–H groups in total. The molecule has 0 aliphatic carbocycles. The SMILES string of the molecule is CC(=O)NCC(=O)N[C@@H]1C(O)C[C@@](O)(C(=O)O)OC1[C@H](O)[C@H](O)CO. The Labute approximate surface area is 142 Å². The van der Waals surface area contributed by atoms with Crippen LogP contribution >= 0.6 is 0 Å². The van der Waals surface area contributed by atoms with Crippen molar-refractivity contribution >= 4 is 17.8 Å². The second kappa shape index (κ2) is 8.51. The minimum atomic E-state index is -2.86. The van der Waals surface area contributed by atoms with Crippen LogP contribution in [0.5, 0.6) is 0 Å². The van der Waals surface area contributed by atoms with Gasteiger partial charge < -0.3 is 46.0 Å². The fraction of sp³-hybridized carbons (Fsp3) is 0.769. The Morgan fingerprint density at radius 3 is 2.40 bits per heavy atom. The Morgan fingerprint density at radius 1 is 1.32 bits per heavy atom. The third-order valence-corrected chi connectivity index (χ3v) is 3.66. The summed E-state index contributed by atoms with van der Waals surface area (Å²) in [6, 6.07) is -1.42. The minimum absolute atomic E-state index is 0.465. The van der Waals surface area contributed by atoms with E-state index in [1.807, 2.05) is 0 Å². The van der Waals surface area contributed by atoms with E-state index in [-0.39, 0.29) is 0 Å². The van der Waals surface area contributed by atoms with Crippen molar-refractivity contribution < 1.29 is 49.8 Å². The van der Waals surface area contributed by atoms with Gasteiger partial charge in [-0.1, -0.05) is 0 Å². The van der Waals surface area contributed by atoms with Gasteiger partial charge in [-0.3, -0.25) is 9.59 Å². The predicted molar refractivity (Wildman–Crippen MR) is 77.8 cm³/mol. The lowest BCUT2D eigenvalue weighted by molar-refractivity contribution is -0.295. The van der Waals surface area contributed by atoms with Gasteiger partial charge in [-0.2, -0.15) is 0 Å². The first-order valence-corrected chi connectivity index (χ1v) is 7.34. The predicted octanol–water partition coefficient (Wildman–Crippen LogP) is -4.76. The number of aliphatic hydroxyl groups is 5. The number of carbonyl (C=O) groups is 3. The van der Waals surface area contributed by atoms with Gasteiger partial charge in [0.25, 0.3) is 5.79 Å². The number of aliphatic carboxylic acids is 1. The molecule has 2 amide bonds. The average Bonchev–Trinajstić information content (AvgIpc) is 2.53. The van der Waals surface area contributed by atoms with Crippen LogP contribution in [0.3, 0.4) is 0 Å². The topological polar surface area (TPSA) is 206 Å². The first kappa shape index (κ1) is 21.2. The lowest BCUT2D eigenvalue weighted by Crippen LogP contribution is -2.67. The van der Waals surface area contributed by atoms with Crippen molar-refractivity contribution in [2.75, 3.05) is 13.2 Å². The number of aliphatic hydroxyl groups excluding tert-OH is 4. The highest BCUT2D eigenvalue weighted by Gasteiger charge is 2.53. The Bertz CT molecular complexity index is 515. The van der Waals surface area contributed by atoms with Crippen LogP contribution in [0, 0.1) is 0 Å². The fourth-order valence-electron chi connectivity index (χ4n) is 2.34.